The maximum Gasteiger partial charge on any atom is 0.359 e. The molecule has 0 aliphatic heterocycles. The van der Waals surface area contributed by atoms with Crippen molar-refractivity contribution in [1.82, 2.24) is 9.78 Å². The van der Waals surface area contributed by atoms with Crippen LogP contribution in [0.3, 0.4) is 0 Å². The molecule has 1 heterocycles. The number of hydrogen-bond acceptors (Lipinski definition) is 4. The molecule has 0 spiro atoms. The van der Waals surface area contributed by atoms with Crippen LogP contribution in [-0.2, 0) is 18.2 Å². The number of nitriles is 1. The Morgan fingerprint density at radius 3 is 2.87 bits per heavy atom. The van der Waals surface area contributed by atoms with Crippen LogP contribution in [0.15, 0.2) is 0 Å². The van der Waals surface area contributed by atoms with E-state index in [0.29, 0.717) is 12.2 Å². The fraction of sp³-hybridized carbons (Fsp3) is 0.500. The number of rotatable bonds is 3. The summed E-state index contributed by atoms with van der Waals surface area (Å²) in [6.07, 6.45) is 0.174. The normalized spacial score (nSPS) is 9.73. The second-order valence-electron chi connectivity index (χ2n) is 3.09. The van der Waals surface area contributed by atoms with Crippen LogP contribution in [0.25, 0.3) is 0 Å². The largest absolute Gasteiger partial charge is 0.461 e. The van der Waals surface area contributed by atoms with E-state index in [4.69, 9.17) is 10.00 Å². The lowest BCUT2D eigenvalue weighted by Crippen LogP contribution is -2.08. The fourth-order valence-electron chi connectivity index (χ4n) is 1.31. The molecule has 80 valence electrons. The van der Waals surface area contributed by atoms with Gasteiger partial charge in [0.05, 0.1) is 19.1 Å². The van der Waals surface area contributed by atoms with Gasteiger partial charge in [-0.1, -0.05) is 0 Å². The average Bonchev–Trinajstić information content (AvgIpc) is 2.47. The van der Waals surface area contributed by atoms with Gasteiger partial charge in [0.1, 0.15) is 0 Å². The first-order valence-corrected chi connectivity index (χ1v) is 4.68. The van der Waals surface area contributed by atoms with E-state index < -0.39 is 5.97 Å². The lowest BCUT2D eigenvalue weighted by Gasteiger charge is -1.99. The third-order valence-corrected chi connectivity index (χ3v) is 2.18. The molecule has 1 aromatic rings. The number of carbonyl (C=O) groups excluding carboxylic acids is 1. The molecule has 0 aromatic carbocycles. The number of esters is 1. The van der Waals surface area contributed by atoms with Crippen molar-refractivity contribution >= 4 is 5.97 Å². The van der Waals surface area contributed by atoms with Crippen molar-refractivity contribution in [2.75, 3.05) is 6.61 Å². The summed E-state index contributed by atoms with van der Waals surface area (Å²) in [5, 5.41) is 12.7. The van der Waals surface area contributed by atoms with Crippen LogP contribution in [0.5, 0.6) is 0 Å². The average molecular weight is 207 g/mol. The highest BCUT2D eigenvalue weighted by atomic mass is 16.5. The van der Waals surface area contributed by atoms with Gasteiger partial charge in [-0.15, -0.1) is 0 Å². The highest BCUT2D eigenvalue weighted by Crippen LogP contribution is 2.14. The number of aromatic nitrogens is 2. The summed E-state index contributed by atoms with van der Waals surface area (Å²) in [7, 11) is 1.74. The van der Waals surface area contributed by atoms with Gasteiger partial charge >= 0.3 is 5.97 Å². The standard InChI is InChI=1S/C10H13N3O2/c1-4-15-10(14)9-8(5-6-11)7(2)13(3)12-9/h4-5H2,1-3H3. The zero-order valence-corrected chi connectivity index (χ0v) is 9.07. The van der Waals surface area contributed by atoms with Crippen LogP contribution >= 0.6 is 0 Å². The molecule has 1 rings (SSSR count). The molecule has 15 heavy (non-hydrogen) atoms. The minimum absolute atomic E-state index is 0.174. The molecule has 0 fully saturated rings. The van der Waals surface area contributed by atoms with Crippen molar-refractivity contribution in [2.45, 2.75) is 20.3 Å². The smallest absolute Gasteiger partial charge is 0.359 e. The maximum absolute atomic E-state index is 11.5. The summed E-state index contributed by atoms with van der Waals surface area (Å²) in [5.74, 6) is -0.466. The van der Waals surface area contributed by atoms with E-state index in [2.05, 4.69) is 5.10 Å². The van der Waals surface area contributed by atoms with Crippen molar-refractivity contribution in [3.05, 3.63) is 17.0 Å². The lowest BCUT2D eigenvalue weighted by molar-refractivity contribution is 0.0517. The molecule has 0 unspecified atom stereocenters. The Balaban J connectivity index is 3.12. The van der Waals surface area contributed by atoms with E-state index in [9.17, 15) is 4.79 Å². The summed E-state index contributed by atoms with van der Waals surface area (Å²) >= 11 is 0. The molecule has 0 aliphatic carbocycles. The molecule has 0 saturated heterocycles. The summed E-state index contributed by atoms with van der Waals surface area (Å²) in [4.78, 5) is 11.5. The molecule has 0 amide bonds. The second kappa shape index (κ2) is 4.60. The van der Waals surface area contributed by atoms with Crippen molar-refractivity contribution in [2.24, 2.45) is 7.05 Å². The van der Waals surface area contributed by atoms with Gasteiger partial charge in [-0.25, -0.2) is 4.79 Å². The quantitative estimate of drug-likeness (QED) is 0.692. The third kappa shape index (κ3) is 2.15. The molecule has 0 bridgehead atoms. The Labute approximate surface area is 88.3 Å². The Morgan fingerprint density at radius 1 is 1.67 bits per heavy atom. The monoisotopic (exact) mass is 207 g/mol. The number of hydrogen-bond donors (Lipinski definition) is 0. The lowest BCUT2D eigenvalue weighted by atomic mass is 10.1. The molecule has 5 heteroatoms. The molecule has 0 aliphatic rings. The van der Waals surface area contributed by atoms with Crippen LogP contribution in [0.1, 0.15) is 28.7 Å². The Kier molecular flexibility index (Phi) is 3.45. The van der Waals surface area contributed by atoms with Gasteiger partial charge in [0.2, 0.25) is 0 Å². The van der Waals surface area contributed by atoms with Crippen LogP contribution in [0.2, 0.25) is 0 Å². The van der Waals surface area contributed by atoms with Crippen LogP contribution in [-0.4, -0.2) is 22.4 Å². The molecule has 0 radical (unpaired) electrons. The predicted octanol–water partition coefficient (Wildman–Crippen LogP) is 0.971. The van der Waals surface area contributed by atoms with Gasteiger partial charge in [-0.2, -0.15) is 10.4 Å². The van der Waals surface area contributed by atoms with E-state index in [1.54, 1.807) is 18.7 Å². The van der Waals surface area contributed by atoms with Crippen LogP contribution in [0, 0.1) is 18.3 Å². The van der Waals surface area contributed by atoms with Crippen molar-refractivity contribution in [3.8, 4) is 6.07 Å². The maximum atomic E-state index is 11.5. The molecule has 1 aromatic heterocycles. The van der Waals surface area contributed by atoms with E-state index in [-0.39, 0.29) is 12.1 Å². The molecule has 0 saturated carbocycles. The summed E-state index contributed by atoms with van der Waals surface area (Å²) in [5.41, 5.74) is 1.72. The first-order valence-electron chi connectivity index (χ1n) is 4.68. The minimum Gasteiger partial charge on any atom is -0.461 e. The van der Waals surface area contributed by atoms with Gasteiger partial charge in [-0.05, 0) is 13.8 Å². The molecule has 0 N–H and O–H groups in total. The number of ether oxygens (including phenoxy) is 1. The number of aryl methyl sites for hydroxylation is 1. The molecular formula is C10H13N3O2. The summed E-state index contributed by atoms with van der Waals surface area (Å²) in [6.45, 7) is 3.86. The fourth-order valence-corrected chi connectivity index (χ4v) is 1.31. The Bertz CT molecular complexity index is 415. The zero-order chi connectivity index (χ0) is 11.4. The SMILES string of the molecule is CCOC(=O)c1nn(C)c(C)c1CC#N. The molecule has 5 nitrogen and oxygen atoms in total. The van der Waals surface area contributed by atoms with Crippen molar-refractivity contribution < 1.29 is 9.53 Å². The summed E-state index contributed by atoms with van der Waals surface area (Å²) < 4.78 is 6.44. The van der Waals surface area contributed by atoms with Crippen molar-refractivity contribution in [1.29, 1.82) is 5.26 Å². The minimum atomic E-state index is -0.466. The number of carbonyl (C=O) groups is 1. The number of nitrogens with zero attached hydrogens (tertiary/aromatic N) is 3. The van der Waals surface area contributed by atoms with Gasteiger partial charge in [-0.3, -0.25) is 4.68 Å². The van der Waals surface area contributed by atoms with Gasteiger partial charge in [0.25, 0.3) is 0 Å². The Morgan fingerprint density at radius 2 is 2.33 bits per heavy atom. The van der Waals surface area contributed by atoms with Gasteiger partial charge < -0.3 is 4.74 Å². The second-order valence-corrected chi connectivity index (χ2v) is 3.09. The molecular weight excluding hydrogens is 194 g/mol. The zero-order valence-electron chi connectivity index (χ0n) is 9.07. The topological polar surface area (TPSA) is 67.9 Å². The first-order chi connectivity index (χ1) is 7.11. The van der Waals surface area contributed by atoms with E-state index in [0.717, 1.165) is 5.69 Å². The van der Waals surface area contributed by atoms with Crippen LogP contribution in [0.4, 0.5) is 0 Å². The van der Waals surface area contributed by atoms with E-state index in [1.807, 2.05) is 13.0 Å². The van der Waals surface area contributed by atoms with E-state index in [1.165, 1.54) is 0 Å². The van der Waals surface area contributed by atoms with Crippen molar-refractivity contribution in [3.63, 3.8) is 0 Å². The summed E-state index contributed by atoms with van der Waals surface area (Å²) in [6, 6.07) is 2.01. The van der Waals surface area contributed by atoms with Crippen LogP contribution < -0.4 is 0 Å². The first kappa shape index (κ1) is 11.2. The van der Waals surface area contributed by atoms with Gasteiger partial charge in [0.15, 0.2) is 5.69 Å². The van der Waals surface area contributed by atoms with Gasteiger partial charge in [0, 0.05) is 18.3 Å². The highest BCUT2D eigenvalue weighted by Gasteiger charge is 2.19. The molecule has 0 atom stereocenters. The van der Waals surface area contributed by atoms with E-state index >= 15 is 0 Å². The third-order valence-electron chi connectivity index (χ3n) is 2.18. The predicted molar refractivity (Wildman–Crippen MR) is 53.2 cm³/mol. The Hall–Kier alpha value is -1.83. The highest BCUT2D eigenvalue weighted by molar-refractivity contribution is 5.89.